The third-order valence-corrected chi connectivity index (χ3v) is 5.06. The maximum atomic E-state index is 13.0. The quantitative estimate of drug-likeness (QED) is 0.731. The molecule has 0 radical (unpaired) electrons. The summed E-state index contributed by atoms with van der Waals surface area (Å²) < 4.78 is 18.9. The van der Waals surface area contributed by atoms with Crippen molar-refractivity contribution in [2.24, 2.45) is 0 Å². The minimum absolute atomic E-state index is 0.0656. The van der Waals surface area contributed by atoms with Crippen LogP contribution >= 0.6 is 0 Å². The van der Waals surface area contributed by atoms with Gasteiger partial charge in [0, 0.05) is 42.7 Å². The van der Waals surface area contributed by atoms with Crippen molar-refractivity contribution in [3.05, 3.63) is 78.1 Å². The van der Waals surface area contributed by atoms with E-state index in [0.29, 0.717) is 18.2 Å². The zero-order valence-electron chi connectivity index (χ0n) is 15.5. The predicted octanol–water partition coefficient (Wildman–Crippen LogP) is 3.88. The van der Waals surface area contributed by atoms with Crippen LogP contribution < -0.4 is 5.32 Å². The van der Waals surface area contributed by atoms with Crippen molar-refractivity contribution >= 4 is 5.91 Å². The summed E-state index contributed by atoms with van der Waals surface area (Å²) in [6.45, 7) is 2.10. The fraction of sp³-hybridized carbons (Fsp3) is 0.273. The molecule has 1 amide bonds. The van der Waals surface area contributed by atoms with Gasteiger partial charge in [-0.1, -0.05) is 0 Å². The van der Waals surface area contributed by atoms with Gasteiger partial charge in [-0.2, -0.15) is 0 Å². The van der Waals surface area contributed by atoms with Crippen molar-refractivity contribution in [1.29, 1.82) is 0 Å². The Balaban J connectivity index is 1.27. The van der Waals surface area contributed by atoms with E-state index in [4.69, 9.17) is 4.42 Å². The Kier molecular flexibility index (Phi) is 5.48. The van der Waals surface area contributed by atoms with Crippen LogP contribution in [-0.2, 0) is 6.54 Å². The topological polar surface area (TPSA) is 58.4 Å². The number of furan rings is 1. The van der Waals surface area contributed by atoms with Crippen LogP contribution in [0.3, 0.4) is 0 Å². The lowest BCUT2D eigenvalue weighted by Crippen LogP contribution is -2.44. The minimum atomic E-state index is -0.258. The highest BCUT2D eigenvalue weighted by Gasteiger charge is 2.23. The number of carbonyl (C=O) groups excluding carboxylic acids is 1. The van der Waals surface area contributed by atoms with Gasteiger partial charge in [-0.15, -0.1) is 0 Å². The molecule has 0 saturated carbocycles. The zero-order valence-corrected chi connectivity index (χ0v) is 15.5. The molecule has 2 aromatic heterocycles. The molecule has 5 nitrogen and oxygen atoms in total. The summed E-state index contributed by atoms with van der Waals surface area (Å²) in [4.78, 5) is 18.3. The van der Waals surface area contributed by atoms with Gasteiger partial charge < -0.3 is 14.6 Å². The van der Waals surface area contributed by atoms with Crippen LogP contribution in [0, 0.1) is 5.82 Å². The van der Waals surface area contributed by atoms with Gasteiger partial charge in [0.05, 0.1) is 6.54 Å². The molecule has 4 rings (SSSR count). The van der Waals surface area contributed by atoms with Gasteiger partial charge >= 0.3 is 0 Å². The highest BCUT2D eigenvalue weighted by atomic mass is 19.1. The van der Waals surface area contributed by atoms with Crippen LogP contribution in [0.5, 0.6) is 0 Å². The number of piperidine rings is 1. The van der Waals surface area contributed by atoms with Crippen LogP contribution in [-0.4, -0.2) is 34.9 Å². The van der Waals surface area contributed by atoms with Crippen molar-refractivity contribution in [2.45, 2.75) is 25.4 Å². The number of aromatic nitrogens is 1. The van der Waals surface area contributed by atoms with Crippen LogP contribution in [0.4, 0.5) is 4.39 Å². The molecule has 1 aliphatic rings. The lowest BCUT2D eigenvalue weighted by molar-refractivity contribution is 0.0704. The number of nitrogens with one attached hydrogen (secondary N) is 1. The van der Waals surface area contributed by atoms with Gasteiger partial charge in [0.15, 0.2) is 0 Å². The molecule has 1 aromatic carbocycles. The zero-order chi connectivity index (χ0) is 19.3. The molecule has 3 heterocycles. The average molecular weight is 379 g/mol. The number of amides is 1. The first-order chi connectivity index (χ1) is 13.7. The molecule has 1 fully saturated rings. The maximum absolute atomic E-state index is 13.0. The van der Waals surface area contributed by atoms with Crippen LogP contribution in [0.15, 0.2) is 65.3 Å². The SMILES string of the molecule is O=C(c1ccncc1)N1CCC(NCc2ccc(-c3ccc(F)cc3)o2)CC1. The average Bonchev–Trinajstić information content (AvgIpc) is 3.22. The number of pyridine rings is 1. The summed E-state index contributed by atoms with van der Waals surface area (Å²) in [5.74, 6) is 1.38. The summed E-state index contributed by atoms with van der Waals surface area (Å²) in [6.07, 6.45) is 5.10. The van der Waals surface area contributed by atoms with Crippen LogP contribution in [0.2, 0.25) is 0 Å². The molecule has 0 unspecified atom stereocenters. The van der Waals surface area contributed by atoms with Crippen molar-refractivity contribution in [2.75, 3.05) is 13.1 Å². The molecule has 1 aliphatic heterocycles. The monoisotopic (exact) mass is 379 g/mol. The Bertz CT molecular complexity index is 916. The standard InChI is InChI=1S/C22H22FN3O2/c23-18-3-1-16(2-4-18)21-6-5-20(28-21)15-25-19-9-13-26(14-10-19)22(27)17-7-11-24-12-8-17/h1-8,11-12,19,25H,9-10,13-15H2. The lowest BCUT2D eigenvalue weighted by Gasteiger charge is -2.32. The van der Waals surface area contributed by atoms with E-state index in [0.717, 1.165) is 43.0 Å². The second-order valence-corrected chi connectivity index (χ2v) is 6.96. The fourth-order valence-electron chi connectivity index (χ4n) is 3.45. The van der Waals surface area contributed by atoms with Gasteiger partial charge in [-0.05, 0) is 61.4 Å². The molecule has 1 N–H and O–H groups in total. The largest absolute Gasteiger partial charge is 0.460 e. The number of halogens is 1. The molecule has 28 heavy (non-hydrogen) atoms. The Morgan fingerprint density at radius 1 is 1.07 bits per heavy atom. The Labute approximate surface area is 163 Å². The molecule has 144 valence electrons. The van der Waals surface area contributed by atoms with E-state index < -0.39 is 0 Å². The van der Waals surface area contributed by atoms with E-state index in [1.807, 2.05) is 17.0 Å². The van der Waals surface area contributed by atoms with Crippen molar-refractivity contribution in [1.82, 2.24) is 15.2 Å². The van der Waals surface area contributed by atoms with Gasteiger partial charge in [0.25, 0.3) is 5.91 Å². The highest BCUT2D eigenvalue weighted by Crippen LogP contribution is 2.23. The third-order valence-electron chi connectivity index (χ3n) is 5.06. The first-order valence-electron chi connectivity index (χ1n) is 9.46. The molecular formula is C22H22FN3O2. The number of carbonyl (C=O) groups is 1. The second kappa shape index (κ2) is 8.35. The number of likely N-dealkylation sites (tertiary alicyclic amines) is 1. The maximum Gasteiger partial charge on any atom is 0.253 e. The van der Waals surface area contributed by atoms with E-state index in [1.165, 1.54) is 12.1 Å². The molecular weight excluding hydrogens is 357 g/mol. The van der Waals surface area contributed by atoms with E-state index >= 15 is 0 Å². The van der Waals surface area contributed by atoms with Crippen LogP contribution in [0.1, 0.15) is 29.0 Å². The number of nitrogens with zero attached hydrogens (tertiary/aromatic N) is 2. The number of hydrogen-bond donors (Lipinski definition) is 1. The molecule has 6 heteroatoms. The first-order valence-corrected chi connectivity index (χ1v) is 9.46. The molecule has 0 bridgehead atoms. The van der Waals surface area contributed by atoms with Gasteiger partial charge in [0.1, 0.15) is 17.3 Å². The Morgan fingerprint density at radius 2 is 1.79 bits per heavy atom. The van der Waals surface area contributed by atoms with Crippen LogP contribution in [0.25, 0.3) is 11.3 Å². The van der Waals surface area contributed by atoms with Gasteiger partial charge in [0.2, 0.25) is 0 Å². The Morgan fingerprint density at radius 3 is 2.50 bits per heavy atom. The number of rotatable bonds is 5. The van der Waals surface area contributed by atoms with Crippen molar-refractivity contribution in [3.63, 3.8) is 0 Å². The number of benzene rings is 1. The van der Waals surface area contributed by atoms with Gasteiger partial charge in [-0.25, -0.2) is 4.39 Å². The fourth-order valence-corrected chi connectivity index (χ4v) is 3.45. The summed E-state index contributed by atoms with van der Waals surface area (Å²) >= 11 is 0. The smallest absolute Gasteiger partial charge is 0.253 e. The van der Waals surface area contributed by atoms with Crippen molar-refractivity contribution < 1.29 is 13.6 Å². The molecule has 0 spiro atoms. The highest BCUT2D eigenvalue weighted by molar-refractivity contribution is 5.94. The predicted molar refractivity (Wildman–Crippen MR) is 104 cm³/mol. The lowest BCUT2D eigenvalue weighted by atomic mass is 10.0. The van der Waals surface area contributed by atoms with E-state index in [2.05, 4.69) is 10.3 Å². The molecule has 1 saturated heterocycles. The molecule has 0 aliphatic carbocycles. The summed E-state index contributed by atoms with van der Waals surface area (Å²) in [6, 6.07) is 14.0. The number of hydrogen-bond acceptors (Lipinski definition) is 4. The van der Waals surface area contributed by atoms with Gasteiger partial charge in [-0.3, -0.25) is 9.78 Å². The van der Waals surface area contributed by atoms with E-state index in [-0.39, 0.29) is 11.7 Å². The summed E-state index contributed by atoms with van der Waals surface area (Å²) in [7, 11) is 0. The van der Waals surface area contributed by atoms with Crippen molar-refractivity contribution in [3.8, 4) is 11.3 Å². The molecule has 3 aromatic rings. The van der Waals surface area contributed by atoms with E-state index in [9.17, 15) is 9.18 Å². The molecule has 0 atom stereocenters. The first kappa shape index (κ1) is 18.4. The summed E-state index contributed by atoms with van der Waals surface area (Å²) in [5.41, 5.74) is 1.54. The summed E-state index contributed by atoms with van der Waals surface area (Å²) in [5, 5.41) is 3.51. The Hall–Kier alpha value is -2.99. The normalized spacial score (nSPS) is 15.0. The minimum Gasteiger partial charge on any atom is -0.460 e. The third kappa shape index (κ3) is 4.28. The van der Waals surface area contributed by atoms with E-state index in [1.54, 1.807) is 36.7 Å². The second-order valence-electron chi connectivity index (χ2n) is 6.96.